The highest BCUT2D eigenvalue weighted by Crippen LogP contribution is 2.31. The SMILES string of the molecule is O=C(O)c1cn(CCNC(=O)c2cc(Br)sc2Br)nn1. The van der Waals surface area contributed by atoms with E-state index in [0.717, 1.165) is 7.57 Å². The molecule has 0 radical (unpaired) electrons. The van der Waals surface area contributed by atoms with Gasteiger partial charge < -0.3 is 10.4 Å². The van der Waals surface area contributed by atoms with Gasteiger partial charge in [-0.15, -0.1) is 16.4 Å². The van der Waals surface area contributed by atoms with Gasteiger partial charge in [0, 0.05) is 6.54 Å². The maximum atomic E-state index is 11.9. The summed E-state index contributed by atoms with van der Waals surface area (Å²) >= 11 is 8.03. The van der Waals surface area contributed by atoms with Gasteiger partial charge in [-0.2, -0.15) is 0 Å². The number of nitrogens with one attached hydrogen (secondary N) is 1. The first-order valence-corrected chi connectivity index (χ1v) is 7.74. The number of aromatic nitrogens is 3. The molecule has 0 spiro atoms. The smallest absolute Gasteiger partial charge is 0.358 e. The Labute approximate surface area is 134 Å². The van der Waals surface area contributed by atoms with Gasteiger partial charge in [-0.1, -0.05) is 5.21 Å². The van der Waals surface area contributed by atoms with E-state index in [4.69, 9.17) is 5.11 Å². The van der Waals surface area contributed by atoms with Crippen molar-refractivity contribution in [3.63, 3.8) is 0 Å². The minimum absolute atomic E-state index is 0.124. The Kier molecular flexibility index (Phi) is 4.89. The van der Waals surface area contributed by atoms with Gasteiger partial charge in [-0.25, -0.2) is 9.48 Å². The van der Waals surface area contributed by atoms with E-state index < -0.39 is 5.97 Å². The van der Waals surface area contributed by atoms with Gasteiger partial charge in [0.2, 0.25) is 0 Å². The van der Waals surface area contributed by atoms with Crippen molar-refractivity contribution in [1.29, 1.82) is 0 Å². The Hall–Kier alpha value is -1.26. The molecule has 0 aromatic carbocycles. The summed E-state index contributed by atoms with van der Waals surface area (Å²) in [6.07, 6.45) is 1.31. The van der Waals surface area contributed by atoms with Crippen LogP contribution >= 0.6 is 43.2 Å². The molecule has 0 aliphatic heterocycles. The summed E-state index contributed by atoms with van der Waals surface area (Å²) in [6.45, 7) is 0.663. The minimum atomic E-state index is -1.13. The maximum Gasteiger partial charge on any atom is 0.358 e. The molecule has 0 saturated heterocycles. The van der Waals surface area contributed by atoms with Crippen LogP contribution in [-0.2, 0) is 6.54 Å². The molecule has 20 heavy (non-hydrogen) atoms. The highest BCUT2D eigenvalue weighted by molar-refractivity contribution is 9.12. The Morgan fingerprint density at radius 2 is 2.20 bits per heavy atom. The summed E-state index contributed by atoms with van der Waals surface area (Å²) in [5.41, 5.74) is 0.424. The summed E-state index contributed by atoms with van der Waals surface area (Å²) in [6, 6.07) is 1.72. The molecular weight excluding hydrogens is 416 g/mol. The molecule has 2 N–H and O–H groups in total. The van der Waals surface area contributed by atoms with Crippen molar-refractivity contribution in [1.82, 2.24) is 20.3 Å². The molecule has 0 unspecified atom stereocenters. The van der Waals surface area contributed by atoms with Crippen LogP contribution < -0.4 is 5.32 Å². The summed E-state index contributed by atoms with van der Waals surface area (Å²) in [5, 5.41) is 18.5. The van der Waals surface area contributed by atoms with Gasteiger partial charge in [-0.05, 0) is 37.9 Å². The van der Waals surface area contributed by atoms with E-state index >= 15 is 0 Å². The molecule has 2 rings (SSSR count). The van der Waals surface area contributed by atoms with E-state index in [1.54, 1.807) is 6.07 Å². The number of hydrogen-bond donors (Lipinski definition) is 2. The third-order valence-corrected chi connectivity index (χ3v) is 4.62. The van der Waals surface area contributed by atoms with Crippen molar-refractivity contribution < 1.29 is 14.7 Å². The number of hydrogen-bond acceptors (Lipinski definition) is 5. The van der Waals surface area contributed by atoms with E-state index in [1.165, 1.54) is 22.2 Å². The van der Waals surface area contributed by atoms with Crippen LogP contribution in [0.4, 0.5) is 0 Å². The van der Waals surface area contributed by atoms with Crippen LogP contribution in [-0.4, -0.2) is 38.5 Å². The Morgan fingerprint density at radius 1 is 1.45 bits per heavy atom. The van der Waals surface area contributed by atoms with E-state index in [-0.39, 0.29) is 11.6 Å². The number of carboxylic acids is 1. The van der Waals surface area contributed by atoms with Gasteiger partial charge in [0.1, 0.15) is 0 Å². The second kappa shape index (κ2) is 6.46. The molecule has 106 valence electrons. The number of halogens is 2. The molecule has 0 saturated carbocycles. The topological polar surface area (TPSA) is 97.1 Å². The first-order valence-electron chi connectivity index (χ1n) is 5.34. The van der Waals surface area contributed by atoms with Crippen molar-refractivity contribution in [2.75, 3.05) is 6.54 Å². The van der Waals surface area contributed by atoms with Gasteiger partial charge >= 0.3 is 5.97 Å². The molecule has 0 aliphatic rings. The van der Waals surface area contributed by atoms with Gasteiger partial charge in [0.25, 0.3) is 5.91 Å². The van der Waals surface area contributed by atoms with E-state index in [2.05, 4.69) is 47.5 Å². The van der Waals surface area contributed by atoms with Crippen molar-refractivity contribution >= 4 is 55.1 Å². The molecule has 1 amide bonds. The lowest BCUT2D eigenvalue weighted by molar-refractivity contribution is 0.0690. The number of aromatic carboxylic acids is 1. The molecular formula is C10H8Br2N4O3S. The Morgan fingerprint density at radius 3 is 2.75 bits per heavy atom. The lowest BCUT2D eigenvalue weighted by Gasteiger charge is -2.03. The Bertz CT molecular complexity index is 655. The fourth-order valence-electron chi connectivity index (χ4n) is 1.38. The highest BCUT2D eigenvalue weighted by atomic mass is 79.9. The zero-order chi connectivity index (χ0) is 14.7. The molecule has 0 atom stereocenters. The van der Waals surface area contributed by atoms with Crippen molar-refractivity contribution in [2.45, 2.75) is 6.54 Å². The van der Waals surface area contributed by atoms with E-state index in [9.17, 15) is 9.59 Å². The van der Waals surface area contributed by atoms with E-state index in [1.807, 2.05) is 0 Å². The van der Waals surface area contributed by atoms with Crippen LogP contribution in [0.2, 0.25) is 0 Å². The van der Waals surface area contributed by atoms with Gasteiger partial charge in [0.15, 0.2) is 5.69 Å². The minimum Gasteiger partial charge on any atom is -0.476 e. The summed E-state index contributed by atoms with van der Waals surface area (Å²) in [4.78, 5) is 22.5. The molecule has 2 heterocycles. The van der Waals surface area contributed by atoms with Crippen LogP contribution in [0.15, 0.2) is 19.8 Å². The predicted octanol–water partition coefficient (Wildman–Crippen LogP) is 1.99. The lowest BCUT2D eigenvalue weighted by atomic mass is 10.3. The predicted molar refractivity (Wildman–Crippen MR) is 79.0 cm³/mol. The third kappa shape index (κ3) is 3.64. The number of nitrogens with zero attached hydrogens (tertiary/aromatic N) is 3. The average molecular weight is 424 g/mol. The fourth-order valence-corrected chi connectivity index (χ4v) is 4.17. The number of carbonyl (C=O) groups is 2. The second-order valence-electron chi connectivity index (χ2n) is 3.67. The lowest BCUT2D eigenvalue weighted by Crippen LogP contribution is -2.27. The zero-order valence-electron chi connectivity index (χ0n) is 9.84. The summed E-state index contributed by atoms with van der Waals surface area (Å²) in [7, 11) is 0. The van der Waals surface area contributed by atoms with Crippen LogP contribution in [0, 0.1) is 0 Å². The maximum absolute atomic E-state index is 11.9. The molecule has 0 fully saturated rings. The Balaban J connectivity index is 1.87. The van der Waals surface area contributed by atoms with Gasteiger partial charge in [-0.3, -0.25) is 4.79 Å². The van der Waals surface area contributed by atoms with Crippen LogP contribution in [0.25, 0.3) is 0 Å². The molecule has 2 aromatic rings. The number of rotatable bonds is 5. The number of thiophene rings is 1. The largest absolute Gasteiger partial charge is 0.476 e. The van der Waals surface area contributed by atoms with E-state index in [0.29, 0.717) is 18.7 Å². The third-order valence-electron chi connectivity index (χ3n) is 2.29. The molecule has 7 nitrogen and oxygen atoms in total. The van der Waals surface area contributed by atoms with Crippen LogP contribution in [0.1, 0.15) is 20.8 Å². The summed E-state index contributed by atoms with van der Waals surface area (Å²) in [5.74, 6) is -1.34. The van der Waals surface area contributed by atoms with Crippen molar-refractivity contribution in [3.8, 4) is 0 Å². The first-order chi connectivity index (χ1) is 9.47. The van der Waals surface area contributed by atoms with Gasteiger partial charge in [0.05, 0.1) is 25.9 Å². The number of amides is 1. The summed E-state index contributed by atoms with van der Waals surface area (Å²) < 4.78 is 2.97. The highest BCUT2D eigenvalue weighted by Gasteiger charge is 2.13. The quantitative estimate of drug-likeness (QED) is 0.766. The van der Waals surface area contributed by atoms with Crippen LogP contribution in [0.3, 0.4) is 0 Å². The van der Waals surface area contributed by atoms with Crippen LogP contribution in [0.5, 0.6) is 0 Å². The first kappa shape index (κ1) is 15.1. The zero-order valence-corrected chi connectivity index (χ0v) is 13.8. The number of carboxylic acid groups (broad SMARTS) is 1. The van der Waals surface area contributed by atoms with Crippen molar-refractivity contribution in [3.05, 3.63) is 31.1 Å². The normalized spacial score (nSPS) is 10.5. The average Bonchev–Trinajstić information content (AvgIpc) is 2.96. The molecule has 0 aliphatic carbocycles. The number of carbonyl (C=O) groups excluding carboxylic acids is 1. The molecule has 2 aromatic heterocycles. The monoisotopic (exact) mass is 422 g/mol. The molecule has 10 heteroatoms. The molecule has 0 bridgehead atoms. The fraction of sp³-hybridized carbons (Fsp3) is 0.200. The van der Waals surface area contributed by atoms with Crippen molar-refractivity contribution in [2.24, 2.45) is 0 Å². The standard InChI is InChI=1S/C10H8Br2N4O3S/c11-7-3-5(8(12)20-7)9(17)13-1-2-16-4-6(10(18)19)14-15-16/h3-4H,1-2H2,(H,13,17)(H,18,19). The second-order valence-corrected chi connectivity index (χ2v) is 7.42.